The van der Waals surface area contributed by atoms with Gasteiger partial charge in [-0.2, -0.15) is 0 Å². The zero-order valence-electron chi connectivity index (χ0n) is 14.8. The van der Waals surface area contributed by atoms with Crippen LogP contribution in [-0.2, 0) is 7.05 Å². The van der Waals surface area contributed by atoms with Crippen molar-refractivity contribution in [1.29, 1.82) is 0 Å². The van der Waals surface area contributed by atoms with Gasteiger partial charge in [0.05, 0.1) is 2.74 Å². The second-order valence-corrected chi connectivity index (χ2v) is 3.46. The molecule has 0 saturated carbocycles. The van der Waals surface area contributed by atoms with Crippen LogP contribution >= 0.6 is 0 Å². The van der Waals surface area contributed by atoms with Gasteiger partial charge in [-0.1, -0.05) is 18.2 Å². The van der Waals surface area contributed by atoms with E-state index in [-0.39, 0.29) is 17.8 Å². The number of benzene rings is 1. The third-order valence-electron chi connectivity index (χ3n) is 2.32. The second kappa shape index (κ2) is 3.85. The highest BCUT2D eigenvalue weighted by Crippen LogP contribution is 2.19. The summed E-state index contributed by atoms with van der Waals surface area (Å²) >= 11 is 0. The van der Waals surface area contributed by atoms with Crippen molar-refractivity contribution >= 4 is 0 Å². The van der Waals surface area contributed by atoms with Crippen LogP contribution in [0.4, 0.5) is 0 Å². The highest BCUT2D eigenvalue weighted by Gasteiger charge is 2.10. The van der Waals surface area contributed by atoms with Crippen LogP contribution in [0.2, 0.25) is 0 Å². The Morgan fingerprint density at radius 2 is 2.07 bits per heavy atom. The predicted molar refractivity (Wildman–Crippen MR) is 62.5 cm³/mol. The minimum atomic E-state index is -2.58. The number of aryl methyl sites for hydroxylation is 1. The van der Waals surface area contributed by atoms with Crippen LogP contribution in [0.1, 0.15) is 19.4 Å². The van der Waals surface area contributed by atoms with E-state index >= 15 is 0 Å². The molecule has 0 amide bonds. The third-order valence-corrected chi connectivity index (χ3v) is 2.32. The highest BCUT2D eigenvalue weighted by molar-refractivity contribution is 5.60. The van der Waals surface area contributed by atoms with Crippen LogP contribution in [0.25, 0.3) is 11.3 Å². The van der Waals surface area contributed by atoms with E-state index in [0.717, 1.165) is 11.1 Å². The average Bonchev–Trinajstić information content (AvgIpc) is 2.37. The maximum absolute atomic E-state index is 8.15. The first-order chi connectivity index (χ1) is 9.66. The van der Waals surface area contributed by atoms with Gasteiger partial charge in [-0.3, -0.25) is 0 Å². The van der Waals surface area contributed by atoms with Crippen LogP contribution in [-0.4, -0.2) is 0 Å². The van der Waals surface area contributed by atoms with Gasteiger partial charge in [0.1, 0.15) is 8.42 Å². The van der Waals surface area contributed by atoms with Crippen molar-refractivity contribution in [2.75, 3.05) is 0 Å². The summed E-state index contributed by atoms with van der Waals surface area (Å²) in [6.45, 7) is -0.703. The van der Waals surface area contributed by atoms with Crippen molar-refractivity contribution in [1.82, 2.24) is 0 Å². The smallest absolute Gasteiger partial charge is 0.201 e. The molecule has 0 spiro atoms. The lowest BCUT2D eigenvalue weighted by molar-refractivity contribution is -0.660. The second-order valence-electron chi connectivity index (χ2n) is 3.46. The first kappa shape index (κ1) is 4.93. The largest absolute Gasteiger partial charge is 0.212 e. The normalized spacial score (nSPS) is 16.9. The van der Waals surface area contributed by atoms with Crippen LogP contribution in [0.3, 0.4) is 0 Å². The molecule has 1 nitrogen and oxygen atoms in total. The van der Waals surface area contributed by atoms with Crippen LogP contribution in [0.5, 0.6) is 0 Å². The molecule has 15 heavy (non-hydrogen) atoms. The Morgan fingerprint density at radius 3 is 2.80 bits per heavy atom. The molecule has 1 heteroatoms. The molecular weight excluding hydrogens is 182 g/mol. The number of rotatable bonds is 1. The van der Waals surface area contributed by atoms with E-state index in [1.165, 1.54) is 4.57 Å². The van der Waals surface area contributed by atoms with Crippen molar-refractivity contribution in [3.8, 4) is 11.3 Å². The number of aromatic nitrogens is 1. The van der Waals surface area contributed by atoms with Gasteiger partial charge in [0, 0.05) is 21.3 Å². The number of hydrogen-bond donors (Lipinski definition) is 0. The molecule has 0 aliphatic carbocycles. The number of nitrogens with zero attached hydrogens (tertiary/aromatic N) is 1. The van der Waals surface area contributed by atoms with Crippen LogP contribution < -0.4 is 4.57 Å². The monoisotopic (exact) mass is 204 g/mol. The van der Waals surface area contributed by atoms with Gasteiger partial charge in [-0.05, 0) is 31.4 Å². The molecule has 0 aliphatic rings. The van der Waals surface area contributed by atoms with E-state index in [9.17, 15) is 0 Å². The summed E-state index contributed by atoms with van der Waals surface area (Å²) < 4.78 is 47.9. The Hall–Kier alpha value is -1.63. The Balaban J connectivity index is 2.87. The standard InChI is InChI=1S/C14H16N/c1-11-8-9-14(15(3)10-11)13-7-5-4-6-12(13)2/h4-10H,1-3H3/q+1/i1D3,8D,9D,10D. The first-order valence-electron chi connectivity index (χ1n) is 7.72. The Labute approximate surface area is 99.4 Å². The lowest BCUT2D eigenvalue weighted by Crippen LogP contribution is -2.30. The molecule has 76 valence electrons. The maximum Gasteiger partial charge on any atom is 0.212 e. The van der Waals surface area contributed by atoms with Gasteiger partial charge in [-0.25, -0.2) is 4.57 Å². The van der Waals surface area contributed by atoms with Crippen molar-refractivity contribution in [2.45, 2.75) is 13.8 Å². The predicted octanol–water partition coefficient (Wildman–Crippen LogP) is 2.79. The van der Waals surface area contributed by atoms with Crippen molar-refractivity contribution in [2.24, 2.45) is 7.05 Å². The molecule has 0 radical (unpaired) electrons. The fourth-order valence-corrected chi connectivity index (χ4v) is 1.54. The lowest BCUT2D eigenvalue weighted by Gasteiger charge is -2.03. The Bertz CT molecular complexity index is 676. The van der Waals surface area contributed by atoms with E-state index in [1.54, 1.807) is 13.1 Å². The minimum Gasteiger partial charge on any atom is -0.201 e. The highest BCUT2D eigenvalue weighted by atomic mass is 14.9. The summed E-state index contributed by atoms with van der Waals surface area (Å²) in [6.07, 6.45) is -0.255. The summed E-state index contributed by atoms with van der Waals surface area (Å²) in [7, 11) is 1.55. The molecule has 0 N–H and O–H groups in total. The minimum absolute atomic E-state index is 0.172. The molecular formula is C14H16N+. The molecule has 0 saturated heterocycles. The molecule has 0 fully saturated rings. The van der Waals surface area contributed by atoms with Gasteiger partial charge in [0.15, 0.2) is 6.17 Å². The van der Waals surface area contributed by atoms with Crippen molar-refractivity contribution in [3.05, 3.63) is 53.7 Å². The molecule has 2 aromatic rings. The van der Waals surface area contributed by atoms with E-state index in [4.69, 9.17) is 8.22 Å². The lowest BCUT2D eigenvalue weighted by atomic mass is 10.0. The molecule has 1 aromatic carbocycles. The zero-order valence-corrected chi connectivity index (χ0v) is 8.76. The Kier molecular flexibility index (Phi) is 1.27. The molecule has 0 bridgehead atoms. The summed E-state index contributed by atoms with van der Waals surface area (Å²) in [4.78, 5) is 0. The molecule has 1 aromatic heterocycles. The van der Waals surface area contributed by atoms with E-state index in [0.29, 0.717) is 5.69 Å². The van der Waals surface area contributed by atoms with Gasteiger partial charge in [0.25, 0.3) is 0 Å². The molecule has 0 atom stereocenters. The first-order valence-corrected chi connectivity index (χ1v) is 4.72. The topological polar surface area (TPSA) is 3.88 Å². The Morgan fingerprint density at radius 1 is 1.27 bits per heavy atom. The fraction of sp³-hybridized carbons (Fsp3) is 0.214. The molecule has 0 aliphatic heterocycles. The van der Waals surface area contributed by atoms with Crippen LogP contribution in [0.15, 0.2) is 42.5 Å². The van der Waals surface area contributed by atoms with E-state index < -0.39 is 12.9 Å². The van der Waals surface area contributed by atoms with Gasteiger partial charge in [-0.15, -0.1) is 0 Å². The zero-order chi connectivity index (χ0) is 15.9. The molecule has 0 unspecified atom stereocenters. The quantitative estimate of drug-likeness (QED) is 0.629. The van der Waals surface area contributed by atoms with Crippen LogP contribution in [0, 0.1) is 13.8 Å². The van der Waals surface area contributed by atoms with E-state index in [1.807, 2.05) is 25.1 Å². The summed E-state index contributed by atoms with van der Waals surface area (Å²) in [5.74, 6) is 0. The van der Waals surface area contributed by atoms with Gasteiger partial charge >= 0.3 is 0 Å². The summed E-state index contributed by atoms with van der Waals surface area (Å²) in [6, 6.07) is 6.77. The molecule has 1 heterocycles. The molecule has 2 rings (SSSR count). The SMILES string of the molecule is [2H]c1c([2H])c(-c2ccccc2C)[n+](C)c([2H])c1C([2H])([2H])[2H]. The third kappa shape index (κ3) is 1.91. The maximum atomic E-state index is 8.15. The summed E-state index contributed by atoms with van der Waals surface area (Å²) in [5, 5.41) is 0. The van der Waals surface area contributed by atoms with Gasteiger partial charge < -0.3 is 0 Å². The van der Waals surface area contributed by atoms with Crippen molar-refractivity contribution < 1.29 is 12.8 Å². The number of hydrogen-bond acceptors (Lipinski definition) is 0. The number of pyridine rings is 1. The average molecular weight is 204 g/mol. The summed E-state index contributed by atoms with van der Waals surface area (Å²) in [5.41, 5.74) is 1.63. The fourth-order valence-electron chi connectivity index (χ4n) is 1.54. The van der Waals surface area contributed by atoms with E-state index in [2.05, 4.69) is 0 Å². The van der Waals surface area contributed by atoms with Gasteiger partial charge in [0.2, 0.25) is 5.69 Å². The van der Waals surface area contributed by atoms with Crippen molar-refractivity contribution in [3.63, 3.8) is 0 Å².